The number of benzene rings is 2. The summed E-state index contributed by atoms with van der Waals surface area (Å²) >= 11 is 6.01. The molecular weight excluding hydrogens is 272 g/mol. The third kappa shape index (κ3) is 3.75. The molecule has 104 valence electrons. The molecule has 0 aliphatic rings. The molecule has 2 aromatic rings. The lowest BCUT2D eigenvalue weighted by Gasteiger charge is -2.08. The van der Waals surface area contributed by atoms with Crippen LogP contribution in [0.2, 0.25) is 5.02 Å². The molecule has 0 heterocycles. The van der Waals surface area contributed by atoms with Gasteiger partial charge in [-0.15, -0.1) is 0 Å². The summed E-state index contributed by atoms with van der Waals surface area (Å²) in [5.74, 6) is -0.185. The summed E-state index contributed by atoms with van der Waals surface area (Å²) in [4.78, 5) is 12.0. The van der Waals surface area contributed by atoms with E-state index in [1.54, 1.807) is 18.2 Å². The van der Waals surface area contributed by atoms with Crippen molar-refractivity contribution in [2.45, 2.75) is 12.8 Å². The number of hydrogen-bond acceptors (Lipinski definition) is 2. The highest BCUT2D eigenvalue weighted by molar-refractivity contribution is 6.36. The van der Waals surface area contributed by atoms with Crippen LogP contribution < -0.4 is 11.1 Å². The van der Waals surface area contributed by atoms with Crippen molar-refractivity contribution in [3.05, 3.63) is 64.7 Å². The molecule has 0 atom stereocenters. The number of carbonyl (C=O) groups is 1. The number of nitrogens with two attached hydrogens (primary N) is 1. The number of nitrogens with one attached hydrogen (secondary N) is 1. The van der Waals surface area contributed by atoms with Gasteiger partial charge in [-0.3, -0.25) is 4.79 Å². The van der Waals surface area contributed by atoms with Gasteiger partial charge in [0.05, 0.1) is 16.3 Å². The molecule has 0 fully saturated rings. The summed E-state index contributed by atoms with van der Waals surface area (Å²) in [5.41, 5.74) is 7.79. The molecule has 0 unspecified atom stereocenters. The zero-order valence-corrected chi connectivity index (χ0v) is 11.9. The maximum Gasteiger partial charge on any atom is 0.252 e. The molecule has 0 radical (unpaired) electrons. The van der Waals surface area contributed by atoms with Crippen LogP contribution in [0.25, 0.3) is 0 Å². The Morgan fingerprint density at radius 3 is 2.60 bits per heavy atom. The van der Waals surface area contributed by atoms with E-state index in [9.17, 15) is 4.79 Å². The average molecular weight is 289 g/mol. The lowest BCUT2D eigenvalue weighted by atomic mass is 10.1. The van der Waals surface area contributed by atoms with E-state index in [1.165, 1.54) is 5.56 Å². The first kappa shape index (κ1) is 14.4. The quantitative estimate of drug-likeness (QED) is 0.655. The molecule has 2 aromatic carbocycles. The van der Waals surface area contributed by atoms with Gasteiger partial charge in [-0.25, -0.2) is 0 Å². The lowest BCUT2D eigenvalue weighted by Crippen LogP contribution is -2.25. The Hall–Kier alpha value is -2.00. The van der Waals surface area contributed by atoms with Gasteiger partial charge in [0.2, 0.25) is 0 Å². The van der Waals surface area contributed by atoms with E-state index in [0.717, 1.165) is 12.8 Å². The molecule has 0 aromatic heterocycles. The number of nitrogen functional groups attached to an aromatic ring is 1. The monoisotopic (exact) mass is 288 g/mol. The van der Waals surface area contributed by atoms with Gasteiger partial charge in [0, 0.05) is 6.54 Å². The minimum atomic E-state index is -0.185. The third-order valence-electron chi connectivity index (χ3n) is 3.04. The summed E-state index contributed by atoms with van der Waals surface area (Å²) in [6.45, 7) is 0.610. The maximum absolute atomic E-state index is 12.0. The highest BCUT2D eigenvalue weighted by Gasteiger charge is 2.11. The van der Waals surface area contributed by atoms with Crippen LogP contribution in [0, 0.1) is 0 Å². The van der Waals surface area contributed by atoms with E-state index >= 15 is 0 Å². The average Bonchev–Trinajstić information content (AvgIpc) is 2.47. The van der Waals surface area contributed by atoms with E-state index in [0.29, 0.717) is 22.8 Å². The Morgan fingerprint density at radius 2 is 1.85 bits per heavy atom. The SMILES string of the molecule is Nc1cccc(C(=O)NCCCc2ccccc2)c1Cl. The fraction of sp³-hybridized carbons (Fsp3) is 0.188. The number of hydrogen-bond donors (Lipinski definition) is 2. The van der Waals surface area contributed by atoms with Crippen LogP contribution in [0.1, 0.15) is 22.3 Å². The topological polar surface area (TPSA) is 55.1 Å². The van der Waals surface area contributed by atoms with Gasteiger partial charge in [-0.05, 0) is 30.5 Å². The van der Waals surface area contributed by atoms with Crippen LogP contribution in [-0.2, 0) is 6.42 Å². The number of amides is 1. The van der Waals surface area contributed by atoms with Gasteiger partial charge in [0.25, 0.3) is 5.91 Å². The summed E-state index contributed by atoms with van der Waals surface area (Å²) in [6, 6.07) is 15.3. The first-order chi connectivity index (χ1) is 9.68. The maximum atomic E-state index is 12.0. The minimum absolute atomic E-state index is 0.185. The second kappa shape index (κ2) is 6.96. The molecule has 4 heteroatoms. The Balaban J connectivity index is 1.82. The highest BCUT2D eigenvalue weighted by Crippen LogP contribution is 2.22. The van der Waals surface area contributed by atoms with Gasteiger partial charge in [-0.2, -0.15) is 0 Å². The molecule has 0 spiro atoms. The lowest BCUT2D eigenvalue weighted by molar-refractivity contribution is 0.0953. The fourth-order valence-corrected chi connectivity index (χ4v) is 2.17. The number of halogens is 1. The predicted molar refractivity (Wildman–Crippen MR) is 83.0 cm³/mol. The molecule has 2 rings (SSSR count). The van der Waals surface area contributed by atoms with Crippen molar-refractivity contribution in [1.29, 1.82) is 0 Å². The van der Waals surface area contributed by atoms with Crippen molar-refractivity contribution in [3.63, 3.8) is 0 Å². The molecule has 0 saturated heterocycles. The normalized spacial score (nSPS) is 10.2. The zero-order chi connectivity index (χ0) is 14.4. The third-order valence-corrected chi connectivity index (χ3v) is 3.47. The van der Waals surface area contributed by atoms with Gasteiger partial charge < -0.3 is 11.1 Å². The minimum Gasteiger partial charge on any atom is -0.398 e. The second-order valence-electron chi connectivity index (χ2n) is 4.55. The van der Waals surface area contributed by atoms with Crippen molar-refractivity contribution in [1.82, 2.24) is 5.32 Å². The second-order valence-corrected chi connectivity index (χ2v) is 4.93. The van der Waals surface area contributed by atoms with Gasteiger partial charge in [-0.1, -0.05) is 48.0 Å². The van der Waals surface area contributed by atoms with Crippen molar-refractivity contribution in [3.8, 4) is 0 Å². The van der Waals surface area contributed by atoms with Crippen molar-refractivity contribution in [2.75, 3.05) is 12.3 Å². The zero-order valence-electron chi connectivity index (χ0n) is 11.1. The summed E-state index contributed by atoms with van der Waals surface area (Å²) in [6.07, 6.45) is 1.82. The largest absolute Gasteiger partial charge is 0.398 e. The molecule has 1 amide bonds. The van der Waals surface area contributed by atoms with Crippen LogP contribution in [0.15, 0.2) is 48.5 Å². The summed E-state index contributed by atoms with van der Waals surface area (Å²) in [5, 5.41) is 3.17. The highest BCUT2D eigenvalue weighted by atomic mass is 35.5. The molecule has 0 aliphatic heterocycles. The summed E-state index contributed by atoms with van der Waals surface area (Å²) in [7, 11) is 0. The Bertz CT molecular complexity index is 584. The van der Waals surface area contributed by atoms with E-state index in [2.05, 4.69) is 17.4 Å². The molecule has 3 nitrogen and oxygen atoms in total. The molecule has 0 saturated carbocycles. The first-order valence-electron chi connectivity index (χ1n) is 6.54. The fourth-order valence-electron chi connectivity index (χ4n) is 1.96. The van der Waals surface area contributed by atoms with Crippen LogP contribution >= 0.6 is 11.6 Å². The smallest absolute Gasteiger partial charge is 0.252 e. The predicted octanol–water partition coefficient (Wildman–Crippen LogP) is 3.28. The Morgan fingerprint density at radius 1 is 1.10 bits per heavy atom. The summed E-state index contributed by atoms with van der Waals surface area (Å²) < 4.78 is 0. The standard InChI is InChI=1S/C16H17ClN2O/c17-15-13(9-4-10-14(15)18)16(20)19-11-5-8-12-6-2-1-3-7-12/h1-4,6-7,9-10H,5,8,11,18H2,(H,19,20). The Labute approximate surface area is 123 Å². The van der Waals surface area contributed by atoms with Crippen molar-refractivity contribution in [2.24, 2.45) is 0 Å². The van der Waals surface area contributed by atoms with Crippen LogP contribution in [0.3, 0.4) is 0 Å². The van der Waals surface area contributed by atoms with E-state index in [-0.39, 0.29) is 5.91 Å². The number of rotatable bonds is 5. The van der Waals surface area contributed by atoms with Crippen LogP contribution in [-0.4, -0.2) is 12.5 Å². The number of aryl methyl sites for hydroxylation is 1. The van der Waals surface area contributed by atoms with E-state index in [1.807, 2.05) is 18.2 Å². The van der Waals surface area contributed by atoms with Gasteiger partial charge in [0.15, 0.2) is 0 Å². The van der Waals surface area contributed by atoms with E-state index < -0.39 is 0 Å². The van der Waals surface area contributed by atoms with E-state index in [4.69, 9.17) is 17.3 Å². The molecule has 20 heavy (non-hydrogen) atoms. The van der Waals surface area contributed by atoms with Crippen molar-refractivity contribution >= 4 is 23.2 Å². The number of carbonyl (C=O) groups excluding carboxylic acids is 1. The molecule has 0 aliphatic carbocycles. The number of anilines is 1. The van der Waals surface area contributed by atoms with Crippen molar-refractivity contribution < 1.29 is 4.79 Å². The van der Waals surface area contributed by atoms with Crippen LogP contribution in [0.4, 0.5) is 5.69 Å². The van der Waals surface area contributed by atoms with Gasteiger partial charge in [0.1, 0.15) is 0 Å². The van der Waals surface area contributed by atoms with Gasteiger partial charge >= 0.3 is 0 Å². The first-order valence-corrected chi connectivity index (χ1v) is 6.92. The Kier molecular flexibility index (Phi) is 5.02. The van der Waals surface area contributed by atoms with Crippen LogP contribution in [0.5, 0.6) is 0 Å². The molecule has 0 bridgehead atoms. The molecular formula is C16H17ClN2O. The molecule has 3 N–H and O–H groups in total.